The van der Waals surface area contributed by atoms with Crippen molar-refractivity contribution in [1.82, 2.24) is 5.32 Å². The summed E-state index contributed by atoms with van der Waals surface area (Å²) in [5.74, 6) is 0.185. The molecule has 1 heterocycles. The van der Waals surface area contributed by atoms with Crippen LogP contribution in [-0.4, -0.2) is 38.4 Å². The Hall–Kier alpha value is -0.880. The van der Waals surface area contributed by atoms with Crippen LogP contribution in [0.3, 0.4) is 0 Å². The van der Waals surface area contributed by atoms with E-state index in [1.54, 1.807) is 6.08 Å². The summed E-state index contributed by atoms with van der Waals surface area (Å²) < 4.78 is 22.3. The molecule has 0 aliphatic carbocycles. The van der Waals surface area contributed by atoms with E-state index in [2.05, 4.69) is 11.9 Å². The Morgan fingerprint density at radius 2 is 2.31 bits per heavy atom. The monoisotopic (exact) mass is 246 g/mol. The van der Waals surface area contributed by atoms with Gasteiger partial charge in [0.25, 0.3) is 0 Å². The Balaban J connectivity index is 2.30. The largest absolute Gasteiger partial charge is 0.354 e. The summed E-state index contributed by atoms with van der Waals surface area (Å²) >= 11 is 0. The first-order valence-corrected chi connectivity index (χ1v) is 7.11. The molecule has 1 fully saturated rings. The average molecular weight is 246 g/mol. The Morgan fingerprint density at radius 1 is 1.62 bits per heavy atom. The van der Waals surface area contributed by atoms with Gasteiger partial charge in [-0.3, -0.25) is 4.79 Å². The number of hydrogen-bond acceptors (Lipinski definition) is 4. The fraction of sp³-hybridized carbons (Fsp3) is 0.700. The summed E-state index contributed by atoms with van der Waals surface area (Å²) in [6.07, 6.45) is 2.64. The molecule has 1 aliphatic rings. The molecule has 0 bridgehead atoms. The number of nitrogens with two attached hydrogens (primary N) is 1. The second-order valence-electron chi connectivity index (χ2n) is 4.15. The van der Waals surface area contributed by atoms with Gasteiger partial charge in [-0.15, -0.1) is 6.58 Å². The topological polar surface area (TPSA) is 89.3 Å². The van der Waals surface area contributed by atoms with E-state index in [4.69, 9.17) is 5.73 Å². The lowest BCUT2D eigenvalue weighted by molar-refractivity contribution is -0.122. The molecule has 0 saturated carbocycles. The second kappa shape index (κ2) is 5.45. The van der Waals surface area contributed by atoms with E-state index in [1.165, 1.54) is 0 Å². The van der Waals surface area contributed by atoms with Gasteiger partial charge < -0.3 is 11.1 Å². The van der Waals surface area contributed by atoms with Gasteiger partial charge in [0.05, 0.1) is 17.5 Å². The Morgan fingerprint density at radius 3 is 2.81 bits per heavy atom. The predicted molar refractivity (Wildman–Crippen MR) is 62.6 cm³/mol. The molecule has 16 heavy (non-hydrogen) atoms. The van der Waals surface area contributed by atoms with E-state index in [9.17, 15) is 13.2 Å². The van der Waals surface area contributed by atoms with E-state index in [0.717, 1.165) is 0 Å². The SMILES string of the molecule is C=CCC(N)C(=O)NCC1CCS(=O)(=O)C1. The summed E-state index contributed by atoms with van der Waals surface area (Å²) in [5, 5.41) is 2.67. The number of carbonyl (C=O) groups is 1. The van der Waals surface area contributed by atoms with Gasteiger partial charge in [-0.2, -0.15) is 0 Å². The van der Waals surface area contributed by atoms with Gasteiger partial charge in [0.15, 0.2) is 9.84 Å². The van der Waals surface area contributed by atoms with Crippen molar-refractivity contribution in [1.29, 1.82) is 0 Å². The highest BCUT2D eigenvalue weighted by molar-refractivity contribution is 7.91. The van der Waals surface area contributed by atoms with Crippen LogP contribution < -0.4 is 11.1 Å². The Labute approximate surface area is 96.0 Å². The van der Waals surface area contributed by atoms with Crippen LogP contribution in [0.25, 0.3) is 0 Å². The molecule has 1 amide bonds. The first-order valence-electron chi connectivity index (χ1n) is 5.29. The van der Waals surface area contributed by atoms with Gasteiger partial charge >= 0.3 is 0 Å². The molecule has 0 radical (unpaired) electrons. The number of carbonyl (C=O) groups excluding carboxylic acids is 1. The smallest absolute Gasteiger partial charge is 0.237 e. The Bertz CT molecular complexity index is 364. The molecule has 6 heteroatoms. The van der Waals surface area contributed by atoms with Gasteiger partial charge in [0.1, 0.15) is 0 Å². The zero-order chi connectivity index (χ0) is 12.2. The van der Waals surface area contributed by atoms with Crippen molar-refractivity contribution in [2.24, 2.45) is 11.7 Å². The van der Waals surface area contributed by atoms with Crippen LogP contribution in [0.1, 0.15) is 12.8 Å². The quantitative estimate of drug-likeness (QED) is 0.636. The number of hydrogen-bond donors (Lipinski definition) is 2. The lowest BCUT2D eigenvalue weighted by atomic mass is 10.1. The van der Waals surface area contributed by atoms with Gasteiger partial charge in [-0.25, -0.2) is 8.42 Å². The minimum absolute atomic E-state index is 0.0323. The first-order chi connectivity index (χ1) is 7.44. The lowest BCUT2D eigenvalue weighted by Crippen LogP contribution is -2.42. The molecule has 92 valence electrons. The molecular weight excluding hydrogens is 228 g/mol. The van der Waals surface area contributed by atoms with Crippen molar-refractivity contribution in [3.8, 4) is 0 Å². The zero-order valence-corrected chi connectivity index (χ0v) is 10.0. The van der Waals surface area contributed by atoms with Gasteiger partial charge in [0.2, 0.25) is 5.91 Å². The lowest BCUT2D eigenvalue weighted by Gasteiger charge is -2.12. The van der Waals surface area contributed by atoms with Gasteiger partial charge in [-0.05, 0) is 18.8 Å². The summed E-state index contributed by atoms with van der Waals surface area (Å²) in [6.45, 7) is 3.89. The summed E-state index contributed by atoms with van der Waals surface area (Å²) in [7, 11) is -2.87. The van der Waals surface area contributed by atoms with Crippen LogP contribution in [0, 0.1) is 5.92 Å². The minimum atomic E-state index is -2.87. The molecule has 2 unspecified atom stereocenters. The van der Waals surface area contributed by atoms with Crippen LogP contribution in [0.15, 0.2) is 12.7 Å². The van der Waals surface area contributed by atoms with Crippen LogP contribution in [0.4, 0.5) is 0 Å². The third-order valence-corrected chi connectivity index (χ3v) is 4.49. The highest BCUT2D eigenvalue weighted by atomic mass is 32.2. The predicted octanol–water partition coefficient (Wildman–Crippen LogP) is -0.559. The molecule has 2 atom stereocenters. The van der Waals surface area contributed by atoms with Crippen molar-refractivity contribution < 1.29 is 13.2 Å². The normalized spacial score (nSPS) is 24.9. The summed E-state index contributed by atoms with van der Waals surface area (Å²) in [5.41, 5.74) is 5.56. The van der Waals surface area contributed by atoms with E-state index in [-0.39, 0.29) is 23.3 Å². The van der Waals surface area contributed by atoms with Gasteiger partial charge in [0, 0.05) is 6.54 Å². The number of amides is 1. The highest BCUT2D eigenvalue weighted by Gasteiger charge is 2.28. The molecule has 1 aliphatic heterocycles. The van der Waals surface area contributed by atoms with Crippen molar-refractivity contribution in [2.45, 2.75) is 18.9 Å². The van der Waals surface area contributed by atoms with E-state index in [0.29, 0.717) is 19.4 Å². The van der Waals surface area contributed by atoms with E-state index < -0.39 is 15.9 Å². The minimum Gasteiger partial charge on any atom is -0.354 e. The molecule has 1 rings (SSSR count). The maximum absolute atomic E-state index is 11.4. The molecule has 0 spiro atoms. The summed E-state index contributed by atoms with van der Waals surface area (Å²) in [4.78, 5) is 11.4. The van der Waals surface area contributed by atoms with Gasteiger partial charge in [-0.1, -0.05) is 6.08 Å². The van der Waals surface area contributed by atoms with E-state index in [1.807, 2.05) is 0 Å². The fourth-order valence-electron chi connectivity index (χ4n) is 1.70. The summed E-state index contributed by atoms with van der Waals surface area (Å²) in [6, 6.07) is -0.587. The van der Waals surface area contributed by atoms with Crippen LogP contribution in [0.2, 0.25) is 0 Å². The molecule has 3 N–H and O–H groups in total. The molecule has 0 aromatic heterocycles. The van der Waals surface area contributed by atoms with Crippen molar-refractivity contribution in [3.05, 3.63) is 12.7 Å². The maximum atomic E-state index is 11.4. The van der Waals surface area contributed by atoms with Crippen LogP contribution in [-0.2, 0) is 14.6 Å². The standard InChI is InChI=1S/C10H18N2O3S/c1-2-3-9(11)10(13)12-6-8-4-5-16(14,15)7-8/h2,8-9H,1,3-7,11H2,(H,12,13). The Kier molecular flexibility index (Phi) is 4.49. The molecule has 0 aromatic carbocycles. The second-order valence-corrected chi connectivity index (χ2v) is 6.37. The molecule has 0 aromatic rings. The average Bonchev–Trinajstić information content (AvgIpc) is 2.55. The van der Waals surface area contributed by atoms with Crippen LogP contribution in [0.5, 0.6) is 0 Å². The number of sulfone groups is 1. The maximum Gasteiger partial charge on any atom is 0.237 e. The first kappa shape index (κ1) is 13.2. The fourth-order valence-corrected chi connectivity index (χ4v) is 3.56. The number of rotatable bonds is 5. The molecule has 1 saturated heterocycles. The molecule has 5 nitrogen and oxygen atoms in total. The zero-order valence-electron chi connectivity index (χ0n) is 9.19. The van der Waals surface area contributed by atoms with Crippen LogP contribution >= 0.6 is 0 Å². The number of nitrogens with one attached hydrogen (secondary N) is 1. The highest BCUT2D eigenvalue weighted by Crippen LogP contribution is 2.17. The third kappa shape index (κ3) is 3.94. The van der Waals surface area contributed by atoms with Crippen molar-refractivity contribution in [2.75, 3.05) is 18.1 Å². The molecular formula is C10H18N2O3S. The van der Waals surface area contributed by atoms with Crippen molar-refractivity contribution in [3.63, 3.8) is 0 Å². The van der Waals surface area contributed by atoms with Crippen molar-refractivity contribution >= 4 is 15.7 Å². The third-order valence-electron chi connectivity index (χ3n) is 2.65. The van der Waals surface area contributed by atoms with E-state index >= 15 is 0 Å².